The van der Waals surface area contributed by atoms with E-state index in [1.54, 1.807) is 12.1 Å². The Hall–Kier alpha value is -2.22. The number of hydrogen-bond acceptors (Lipinski definition) is 3. The zero-order chi connectivity index (χ0) is 17.1. The largest absolute Gasteiger partial charge is 0.361 e. The van der Waals surface area contributed by atoms with Crippen LogP contribution in [0.25, 0.3) is 0 Å². The molecule has 0 saturated heterocycles. The van der Waals surface area contributed by atoms with Crippen LogP contribution in [0.1, 0.15) is 47.3 Å². The molecule has 2 unspecified atom stereocenters. The number of fused-ring (bicyclic) bond motifs is 1. The van der Waals surface area contributed by atoms with Crippen molar-refractivity contribution in [2.75, 3.05) is 20.6 Å². The van der Waals surface area contributed by atoms with Gasteiger partial charge in [-0.05, 0) is 74.4 Å². The van der Waals surface area contributed by atoms with Gasteiger partial charge in [-0.25, -0.2) is 4.39 Å². The van der Waals surface area contributed by atoms with Crippen molar-refractivity contribution in [1.29, 1.82) is 5.26 Å². The molecule has 124 valence electrons. The minimum absolute atomic E-state index is 0.0164. The van der Waals surface area contributed by atoms with Gasteiger partial charge in [0.15, 0.2) is 0 Å². The molecule has 0 amide bonds. The second-order valence-corrected chi connectivity index (χ2v) is 6.46. The molecule has 3 rings (SSSR count). The van der Waals surface area contributed by atoms with E-state index >= 15 is 0 Å². The Morgan fingerprint density at radius 1 is 1.12 bits per heavy atom. The van der Waals surface area contributed by atoms with Gasteiger partial charge in [0, 0.05) is 0 Å². The lowest BCUT2D eigenvalue weighted by atomic mass is 9.94. The quantitative estimate of drug-likeness (QED) is 0.827. The molecular formula is C20H21FN2O. The third kappa shape index (κ3) is 3.48. The molecule has 2 atom stereocenters. The number of rotatable bonds is 5. The summed E-state index contributed by atoms with van der Waals surface area (Å²) in [4.78, 5) is 2.16. The molecule has 0 N–H and O–H groups in total. The summed E-state index contributed by atoms with van der Waals surface area (Å²) in [6, 6.07) is 14.3. The predicted molar refractivity (Wildman–Crippen MR) is 91.0 cm³/mol. The zero-order valence-electron chi connectivity index (χ0n) is 14.0. The van der Waals surface area contributed by atoms with Crippen molar-refractivity contribution in [3.05, 3.63) is 70.5 Å². The fourth-order valence-electron chi connectivity index (χ4n) is 3.19. The summed E-state index contributed by atoms with van der Waals surface area (Å²) in [5.41, 5.74) is 3.71. The number of nitrogens with zero attached hydrogens (tertiary/aromatic N) is 2. The predicted octanol–water partition coefficient (Wildman–Crippen LogP) is 4.20. The molecule has 2 aromatic rings. The van der Waals surface area contributed by atoms with Crippen LogP contribution in [0.3, 0.4) is 0 Å². The first kappa shape index (κ1) is 16.6. The summed E-state index contributed by atoms with van der Waals surface area (Å²) in [6.07, 6.45) is 1.74. The van der Waals surface area contributed by atoms with Gasteiger partial charge in [0.05, 0.1) is 17.7 Å². The van der Waals surface area contributed by atoms with Crippen LogP contribution in [0.2, 0.25) is 0 Å². The molecule has 24 heavy (non-hydrogen) atoms. The molecule has 1 aliphatic heterocycles. The lowest BCUT2D eigenvalue weighted by Crippen LogP contribution is -2.14. The van der Waals surface area contributed by atoms with Gasteiger partial charge >= 0.3 is 0 Å². The highest BCUT2D eigenvalue weighted by atomic mass is 19.1. The molecule has 3 nitrogen and oxygen atoms in total. The minimum Gasteiger partial charge on any atom is -0.361 e. The van der Waals surface area contributed by atoms with Crippen molar-refractivity contribution < 1.29 is 9.13 Å². The maximum absolute atomic E-state index is 13.2. The summed E-state index contributed by atoms with van der Waals surface area (Å²) in [5, 5.41) is 9.18. The van der Waals surface area contributed by atoms with Gasteiger partial charge in [0.25, 0.3) is 0 Å². The van der Waals surface area contributed by atoms with Crippen molar-refractivity contribution in [2.45, 2.75) is 25.0 Å². The number of ether oxygens (including phenoxy) is 1. The molecule has 0 aromatic heterocycles. The highest BCUT2D eigenvalue weighted by molar-refractivity contribution is 5.46. The maximum atomic E-state index is 13.2. The van der Waals surface area contributed by atoms with Crippen LogP contribution in [0.4, 0.5) is 4.39 Å². The Labute approximate surface area is 142 Å². The number of hydrogen-bond donors (Lipinski definition) is 0. The van der Waals surface area contributed by atoms with Crippen molar-refractivity contribution >= 4 is 0 Å². The Kier molecular flexibility index (Phi) is 4.94. The summed E-state index contributed by atoms with van der Waals surface area (Å²) < 4.78 is 19.5. The Bertz CT molecular complexity index is 749. The van der Waals surface area contributed by atoms with Gasteiger partial charge in [0.2, 0.25) is 0 Å². The molecule has 1 aliphatic rings. The smallest absolute Gasteiger partial charge is 0.123 e. The lowest BCUT2D eigenvalue weighted by Gasteiger charge is -2.16. The third-order valence-electron chi connectivity index (χ3n) is 4.39. The van der Waals surface area contributed by atoms with Gasteiger partial charge in [-0.1, -0.05) is 18.2 Å². The van der Waals surface area contributed by atoms with E-state index in [-0.39, 0.29) is 18.0 Å². The molecule has 0 bridgehead atoms. The van der Waals surface area contributed by atoms with Gasteiger partial charge in [-0.3, -0.25) is 0 Å². The van der Waals surface area contributed by atoms with Crippen molar-refractivity contribution in [2.24, 2.45) is 0 Å². The highest BCUT2D eigenvalue weighted by Crippen LogP contribution is 2.44. The van der Waals surface area contributed by atoms with Crippen LogP contribution in [0.5, 0.6) is 0 Å². The van der Waals surface area contributed by atoms with Crippen molar-refractivity contribution in [3.63, 3.8) is 0 Å². The first-order chi connectivity index (χ1) is 11.6. The standard InChI is InChI=1S/C20H21FN2O/c1-23(2)11-3-4-19-17-10-5-14(13-22)12-18(17)20(24-19)15-6-8-16(21)9-7-15/h5-10,12,19-20H,3-4,11H2,1-2H3. The van der Waals surface area contributed by atoms with E-state index in [1.807, 2.05) is 18.2 Å². The highest BCUT2D eigenvalue weighted by Gasteiger charge is 2.32. The van der Waals surface area contributed by atoms with Crippen LogP contribution in [0, 0.1) is 17.1 Å². The summed E-state index contributed by atoms with van der Waals surface area (Å²) >= 11 is 0. The van der Waals surface area contributed by atoms with Crippen LogP contribution >= 0.6 is 0 Å². The van der Waals surface area contributed by atoms with Gasteiger partial charge in [0.1, 0.15) is 11.9 Å². The second-order valence-electron chi connectivity index (χ2n) is 6.46. The first-order valence-electron chi connectivity index (χ1n) is 8.18. The van der Waals surface area contributed by atoms with E-state index in [0.29, 0.717) is 5.56 Å². The van der Waals surface area contributed by atoms with E-state index < -0.39 is 0 Å². The molecule has 0 saturated carbocycles. The van der Waals surface area contributed by atoms with Gasteiger partial charge < -0.3 is 9.64 Å². The molecule has 2 aromatic carbocycles. The van der Waals surface area contributed by atoms with Crippen LogP contribution in [-0.4, -0.2) is 25.5 Å². The van der Waals surface area contributed by atoms with Gasteiger partial charge in [-0.15, -0.1) is 0 Å². The Morgan fingerprint density at radius 3 is 2.54 bits per heavy atom. The number of halogens is 1. The molecule has 4 heteroatoms. The van der Waals surface area contributed by atoms with E-state index in [4.69, 9.17) is 4.74 Å². The fraction of sp³-hybridized carbons (Fsp3) is 0.350. The molecule has 0 fully saturated rings. The van der Waals surface area contributed by atoms with E-state index in [2.05, 4.69) is 25.1 Å². The monoisotopic (exact) mass is 324 g/mol. The number of benzene rings is 2. The van der Waals surface area contributed by atoms with E-state index in [1.165, 1.54) is 12.1 Å². The lowest BCUT2D eigenvalue weighted by molar-refractivity contribution is 0.0264. The fourth-order valence-corrected chi connectivity index (χ4v) is 3.19. The number of nitriles is 1. The molecule has 0 aliphatic carbocycles. The topological polar surface area (TPSA) is 36.3 Å². The SMILES string of the molecule is CN(C)CCCC1OC(c2ccc(F)cc2)c2cc(C#N)ccc21. The molecular weight excluding hydrogens is 303 g/mol. The first-order valence-corrected chi connectivity index (χ1v) is 8.18. The van der Waals surface area contributed by atoms with Crippen molar-refractivity contribution in [1.82, 2.24) is 4.90 Å². The molecule has 1 heterocycles. The molecule has 0 spiro atoms. The van der Waals surface area contributed by atoms with E-state index in [0.717, 1.165) is 36.1 Å². The third-order valence-corrected chi connectivity index (χ3v) is 4.39. The van der Waals surface area contributed by atoms with Crippen LogP contribution < -0.4 is 0 Å². The van der Waals surface area contributed by atoms with Gasteiger partial charge in [-0.2, -0.15) is 5.26 Å². The normalized spacial score (nSPS) is 19.3. The second kappa shape index (κ2) is 7.12. The molecule has 0 radical (unpaired) electrons. The summed E-state index contributed by atoms with van der Waals surface area (Å²) in [6.45, 7) is 1.01. The summed E-state index contributed by atoms with van der Waals surface area (Å²) in [5.74, 6) is -0.259. The minimum atomic E-state index is -0.259. The average Bonchev–Trinajstić information content (AvgIpc) is 2.93. The van der Waals surface area contributed by atoms with Crippen LogP contribution in [0.15, 0.2) is 42.5 Å². The maximum Gasteiger partial charge on any atom is 0.123 e. The Morgan fingerprint density at radius 2 is 1.88 bits per heavy atom. The van der Waals surface area contributed by atoms with Crippen molar-refractivity contribution in [3.8, 4) is 6.07 Å². The average molecular weight is 324 g/mol. The van der Waals surface area contributed by atoms with E-state index in [9.17, 15) is 9.65 Å². The Balaban J connectivity index is 1.89. The van der Waals surface area contributed by atoms with Crippen LogP contribution in [-0.2, 0) is 4.74 Å². The zero-order valence-corrected chi connectivity index (χ0v) is 14.0. The summed E-state index contributed by atoms with van der Waals surface area (Å²) in [7, 11) is 4.12.